The molecule has 6 nitrogen and oxygen atoms in total. The second-order valence-corrected chi connectivity index (χ2v) is 4.54. The van der Waals surface area contributed by atoms with Crippen molar-refractivity contribution in [3.8, 4) is 0 Å². The Hall–Kier alpha value is -2.21. The molecule has 3 rings (SSSR count). The third-order valence-electron chi connectivity index (χ3n) is 3.25. The van der Waals surface area contributed by atoms with Gasteiger partial charge in [0, 0.05) is 0 Å². The van der Waals surface area contributed by atoms with Crippen LogP contribution in [0.1, 0.15) is 27.1 Å². The van der Waals surface area contributed by atoms with Crippen molar-refractivity contribution in [2.24, 2.45) is 0 Å². The summed E-state index contributed by atoms with van der Waals surface area (Å²) in [6.07, 6.45) is 1.06. The number of likely N-dealkylation sites (tertiary alicyclic amines) is 1. The monoisotopic (exact) mass is 260 g/mol. The zero-order valence-electron chi connectivity index (χ0n) is 10.2. The zero-order valence-corrected chi connectivity index (χ0v) is 10.2. The molecule has 1 aromatic carbocycles. The van der Waals surface area contributed by atoms with E-state index in [-0.39, 0.29) is 17.7 Å². The number of benzene rings is 1. The van der Waals surface area contributed by atoms with Crippen molar-refractivity contribution in [3.63, 3.8) is 0 Å². The molecule has 2 aliphatic heterocycles. The van der Waals surface area contributed by atoms with Crippen LogP contribution in [0.15, 0.2) is 24.3 Å². The minimum Gasteiger partial charge on any atom is -0.328 e. The van der Waals surface area contributed by atoms with Gasteiger partial charge in [0.2, 0.25) is 0 Å². The van der Waals surface area contributed by atoms with E-state index in [1.54, 1.807) is 24.3 Å². The number of carbonyl (C=O) groups is 3. The predicted molar refractivity (Wildman–Crippen MR) is 64.1 cm³/mol. The number of nitrogens with zero attached hydrogens (tertiary/aromatic N) is 2. The molecule has 0 N–H and O–H groups in total. The van der Waals surface area contributed by atoms with Crippen molar-refractivity contribution in [1.29, 1.82) is 0 Å². The van der Waals surface area contributed by atoms with Crippen LogP contribution in [0.2, 0.25) is 0 Å². The average molecular weight is 260 g/mol. The van der Waals surface area contributed by atoms with Crippen LogP contribution in [0.5, 0.6) is 0 Å². The highest BCUT2D eigenvalue weighted by Gasteiger charge is 2.38. The van der Waals surface area contributed by atoms with E-state index >= 15 is 0 Å². The maximum absolute atomic E-state index is 11.9. The van der Waals surface area contributed by atoms with Gasteiger partial charge < -0.3 is 4.84 Å². The fraction of sp³-hybridized carbons (Fsp3) is 0.308. The van der Waals surface area contributed by atoms with Crippen molar-refractivity contribution in [1.82, 2.24) is 9.96 Å². The second-order valence-electron chi connectivity index (χ2n) is 4.54. The normalized spacial score (nSPS) is 18.2. The minimum absolute atomic E-state index is 0.105. The Kier molecular flexibility index (Phi) is 2.79. The minimum atomic E-state index is -0.589. The number of carbonyl (C=O) groups excluding carboxylic acids is 3. The summed E-state index contributed by atoms with van der Waals surface area (Å²) in [7, 11) is 0. The van der Waals surface area contributed by atoms with E-state index in [0.29, 0.717) is 5.06 Å². The quantitative estimate of drug-likeness (QED) is 0.738. The molecule has 6 heteroatoms. The molecule has 98 valence electrons. The van der Waals surface area contributed by atoms with Crippen molar-refractivity contribution < 1.29 is 19.2 Å². The van der Waals surface area contributed by atoms with Crippen LogP contribution in [-0.2, 0) is 9.63 Å². The molecule has 1 saturated heterocycles. The topological polar surface area (TPSA) is 66.9 Å². The highest BCUT2D eigenvalue weighted by Crippen LogP contribution is 2.22. The van der Waals surface area contributed by atoms with Gasteiger partial charge in [-0.15, -0.1) is 0 Å². The Labute approximate surface area is 109 Å². The summed E-state index contributed by atoms with van der Waals surface area (Å²) < 4.78 is 0. The van der Waals surface area contributed by atoms with Gasteiger partial charge in [-0.3, -0.25) is 14.5 Å². The molecular weight excluding hydrogens is 248 g/mol. The lowest BCUT2D eigenvalue weighted by molar-refractivity contribution is -0.170. The van der Waals surface area contributed by atoms with Crippen LogP contribution in [0.25, 0.3) is 0 Å². The lowest BCUT2D eigenvalue weighted by atomic mass is 10.1. The van der Waals surface area contributed by atoms with E-state index in [9.17, 15) is 14.4 Å². The standard InChI is InChI=1S/C13H12N2O4/c16-11(8-14-6-3-7-14)19-15-12(17)9-4-1-2-5-10(9)13(15)18/h1-2,4-5H,3,6-8H2. The Morgan fingerprint density at radius 1 is 1.11 bits per heavy atom. The van der Waals surface area contributed by atoms with Gasteiger partial charge in [-0.2, -0.15) is 0 Å². The van der Waals surface area contributed by atoms with Crippen molar-refractivity contribution in [3.05, 3.63) is 35.4 Å². The number of hydrogen-bond acceptors (Lipinski definition) is 5. The molecule has 1 aromatic rings. The van der Waals surface area contributed by atoms with Crippen molar-refractivity contribution >= 4 is 17.8 Å². The summed E-state index contributed by atoms with van der Waals surface area (Å²) in [6, 6.07) is 6.41. The average Bonchev–Trinajstić information content (AvgIpc) is 2.60. The van der Waals surface area contributed by atoms with E-state index in [4.69, 9.17) is 4.84 Å². The fourth-order valence-corrected chi connectivity index (χ4v) is 2.10. The Morgan fingerprint density at radius 3 is 2.16 bits per heavy atom. The van der Waals surface area contributed by atoms with E-state index in [1.807, 2.05) is 4.90 Å². The summed E-state index contributed by atoms with van der Waals surface area (Å²) in [5.41, 5.74) is 0.536. The van der Waals surface area contributed by atoms with E-state index in [1.165, 1.54) is 0 Å². The Bertz CT molecular complexity index is 531. The van der Waals surface area contributed by atoms with Gasteiger partial charge in [-0.05, 0) is 31.6 Å². The van der Waals surface area contributed by atoms with Crippen LogP contribution >= 0.6 is 0 Å². The van der Waals surface area contributed by atoms with Crippen LogP contribution in [-0.4, -0.2) is 47.4 Å². The van der Waals surface area contributed by atoms with Gasteiger partial charge in [0.1, 0.15) is 0 Å². The summed E-state index contributed by atoms with van der Waals surface area (Å²) >= 11 is 0. The first-order valence-corrected chi connectivity index (χ1v) is 6.08. The lowest BCUT2D eigenvalue weighted by Crippen LogP contribution is -2.43. The van der Waals surface area contributed by atoms with Crippen LogP contribution in [0, 0.1) is 0 Å². The van der Waals surface area contributed by atoms with E-state index in [0.717, 1.165) is 19.5 Å². The smallest absolute Gasteiger partial charge is 0.328 e. The van der Waals surface area contributed by atoms with Crippen LogP contribution in [0.4, 0.5) is 0 Å². The maximum atomic E-state index is 11.9. The maximum Gasteiger partial charge on any atom is 0.347 e. The highest BCUT2D eigenvalue weighted by molar-refractivity contribution is 6.20. The summed E-state index contributed by atoms with van der Waals surface area (Å²) in [6.45, 7) is 1.79. The van der Waals surface area contributed by atoms with Gasteiger partial charge in [-0.25, -0.2) is 4.79 Å². The van der Waals surface area contributed by atoms with Gasteiger partial charge in [-0.1, -0.05) is 17.2 Å². The molecule has 19 heavy (non-hydrogen) atoms. The molecule has 2 heterocycles. The number of rotatable bonds is 3. The SMILES string of the molecule is O=C(CN1CCC1)ON1C(=O)c2ccccc2C1=O. The molecule has 1 fully saturated rings. The molecule has 0 radical (unpaired) electrons. The lowest BCUT2D eigenvalue weighted by Gasteiger charge is -2.29. The first-order valence-electron chi connectivity index (χ1n) is 6.08. The Balaban J connectivity index is 1.71. The van der Waals surface area contributed by atoms with Gasteiger partial charge >= 0.3 is 5.97 Å². The van der Waals surface area contributed by atoms with Gasteiger partial charge in [0.05, 0.1) is 17.7 Å². The molecule has 0 atom stereocenters. The molecule has 0 unspecified atom stereocenters. The number of hydroxylamine groups is 2. The largest absolute Gasteiger partial charge is 0.347 e. The molecule has 0 saturated carbocycles. The number of amides is 2. The third-order valence-corrected chi connectivity index (χ3v) is 3.25. The summed E-state index contributed by atoms with van der Waals surface area (Å²) in [4.78, 5) is 42.3. The number of hydrogen-bond donors (Lipinski definition) is 0. The van der Waals surface area contributed by atoms with Crippen molar-refractivity contribution in [2.75, 3.05) is 19.6 Å². The van der Waals surface area contributed by atoms with Crippen LogP contribution < -0.4 is 0 Å². The first-order chi connectivity index (χ1) is 9.16. The van der Waals surface area contributed by atoms with Gasteiger partial charge in [0.15, 0.2) is 0 Å². The van der Waals surface area contributed by atoms with E-state index in [2.05, 4.69) is 0 Å². The van der Waals surface area contributed by atoms with Crippen molar-refractivity contribution in [2.45, 2.75) is 6.42 Å². The van der Waals surface area contributed by atoms with Crippen LogP contribution in [0.3, 0.4) is 0 Å². The van der Waals surface area contributed by atoms with Gasteiger partial charge in [0.25, 0.3) is 11.8 Å². The number of fused-ring (bicyclic) bond motifs is 1. The Morgan fingerprint density at radius 2 is 1.68 bits per heavy atom. The zero-order chi connectivity index (χ0) is 13.4. The predicted octanol–water partition coefficient (Wildman–Crippen LogP) is 0.446. The molecule has 0 spiro atoms. The summed E-state index contributed by atoms with van der Waals surface area (Å²) in [5.74, 6) is -1.76. The summed E-state index contributed by atoms with van der Waals surface area (Å²) in [5, 5.41) is 0.548. The third kappa shape index (κ3) is 2.00. The fourth-order valence-electron chi connectivity index (χ4n) is 2.10. The van der Waals surface area contributed by atoms with E-state index < -0.39 is 17.8 Å². The second kappa shape index (κ2) is 4.47. The molecule has 0 aliphatic carbocycles. The highest BCUT2D eigenvalue weighted by atomic mass is 16.7. The number of imide groups is 1. The molecular formula is C13H12N2O4. The molecule has 0 bridgehead atoms. The molecule has 0 aromatic heterocycles. The molecule has 2 amide bonds. The molecule has 2 aliphatic rings. The first kappa shape index (κ1) is 11.9.